The summed E-state index contributed by atoms with van der Waals surface area (Å²) < 4.78 is 0. The first kappa shape index (κ1) is 10.1. The van der Waals surface area contributed by atoms with Crippen molar-refractivity contribution in [3.63, 3.8) is 0 Å². The second-order valence-electron chi connectivity index (χ2n) is 4.53. The molecule has 0 spiro atoms. The van der Waals surface area contributed by atoms with Crippen LogP contribution in [0.1, 0.15) is 33.7 Å². The quantitative estimate of drug-likeness (QED) is 0.722. The van der Waals surface area contributed by atoms with Gasteiger partial charge in [-0.1, -0.05) is 30.3 Å². The molecule has 0 aliphatic heterocycles. The zero-order valence-electron chi connectivity index (χ0n) is 9.41. The van der Waals surface area contributed by atoms with E-state index in [4.69, 9.17) is 0 Å². The van der Waals surface area contributed by atoms with Crippen molar-refractivity contribution in [1.82, 2.24) is 0 Å². The van der Waals surface area contributed by atoms with Gasteiger partial charge in [0.15, 0.2) is 0 Å². The van der Waals surface area contributed by atoms with Gasteiger partial charge in [-0.15, -0.1) is 11.3 Å². The number of aryl methyl sites for hydroxylation is 2. The summed E-state index contributed by atoms with van der Waals surface area (Å²) in [6.07, 6.45) is 6.50. The summed E-state index contributed by atoms with van der Waals surface area (Å²) in [6.45, 7) is 0. The molecule has 1 heteroatoms. The van der Waals surface area contributed by atoms with Crippen molar-refractivity contribution in [1.29, 1.82) is 0 Å². The van der Waals surface area contributed by atoms with E-state index >= 15 is 0 Å². The predicted octanol–water partition coefficient (Wildman–Crippen LogP) is 4.22. The lowest BCUT2D eigenvalue weighted by atomic mass is 9.99. The zero-order valence-corrected chi connectivity index (χ0v) is 10.2. The van der Waals surface area contributed by atoms with Crippen molar-refractivity contribution in [2.75, 3.05) is 0 Å². The predicted molar refractivity (Wildman–Crippen MR) is 70.2 cm³/mol. The Morgan fingerprint density at radius 1 is 1.00 bits per heavy atom. The summed E-state index contributed by atoms with van der Waals surface area (Å²) in [5, 5.41) is 0. The van der Waals surface area contributed by atoms with Crippen LogP contribution in [0.3, 0.4) is 0 Å². The van der Waals surface area contributed by atoms with Crippen molar-refractivity contribution in [2.24, 2.45) is 0 Å². The summed E-state index contributed by atoms with van der Waals surface area (Å²) in [5.41, 5.74) is 3.06. The smallest absolute Gasteiger partial charge is 0.00948 e. The molecule has 0 bridgehead atoms. The molecule has 0 saturated carbocycles. The molecule has 1 aliphatic rings. The number of benzene rings is 1. The van der Waals surface area contributed by atoms with Crippen LogP contribution in [0.4, 0.5) is 0 Å². The largest absolute Gasteiger partial charge is 0.145 e. The third-order valence-electron chi connectivity index (χ3n) is 3.27. The van der Waals surface area contributed by atoms with Crippen molar-refractivity contribution >= 4 is 11.3 Å². The zero-order chi connectivity index (χ0) is 10.8. The maximum atomic E-state index is 2.44. The third kappa shape index (κ3) is 2.05. The number of rotatable bonds is 2. The summed E-state index contributed by atoms with van der Waals surface area (Å²) in [7, 11) is 0. The molecule has 82 valence electrons. The summed E-state index contributed by atoms with van der Waals surface area (Å²) in [4.78, 5) is 3.19. The Hall–Kier alpha value is -1.08. The number of thiophene rings is 1. The van der Waals surface area contributed by atoms with Gasteiger partial charge >= 0.3 is 0 Å². The van der Waals surface area contributed by atoms with Crippen LogP contribution in [-0.4, -0.2) is 0 Å². The maximum Gasteiger partial charge on any atom is 0.00948 e. The minimum atomic E-state index is 1.11. The average Bonchev–Trinajstić information content (AvgIpc) is 2.72. The number of hydrogen-bond acceptors (Lipinski definition) is 1. The third-order valence-corrected chi connectivity index (χ3v) is 4.51. The molecule has 16 heavy (non-hydrogen) atoms. The first-order valence-electron chi connectivity index (χ1n) is 6.06. The van der Waals surface area contributed by atoms with Crippen LogP contribution in [0.15, 0.2) is 36.4 Å². The molecule has 0 radical (unpaired) electrons. The van der Waals surface area contributed by atoms with Crippen molar-refractivity contribution in [3.05, 3.63) is 57.3 Å². The van der Waals surface area contributed by atoms with E-state index < -0.39 is 0 Å². The standard InChI is InChI=1S/C15H16S/c1-2-6-12(7-3-1)10-14-11-13-8-4-5-9-15(13)16-14/h1-3,6-7,11H,4-5,8-10H2. The second kappa shape index (κ2) is 4.42. The van der Waals surface area contributed by atoms with Gasteiger partial charge in [0.1, 0.15) is 0 Å². The molecule has 1 aliphatic carbocycles. The molecule has 0 amide bonds. The van der Waals surface area contributed by atoms with E-state index in [0.717, 1.165) is 6.42 Å². The van der Waals surface area contributed by atoms with Crippen LogP contribution in [-0.2, 0) is 19.3 Å². The van der Waals surface area contributed by atoms with Crippen LogP contribution in [0, 0.1) is 0 Å². The van der Waals surface area contributed by atoms with Gasteiger partial charge in [-0.2, -0.15) is 0 Å². The van der Waals surface area contributed by atoms with E-state index in [1.54, 1.807) is 10.4 Å². The van der Waals surface area contributed by atoms with Gasteiger partial charge in [0.25, 0.3) is 0 Å². The molecular formula is C15H16S. The molecular weight excluding hydrogens is 212 g/mol. The van der Waals surface area contributed by atoms with Gasteiger partial charge in [0, 0.05) is 16.2 Å². The van der Waals surface area contributed by atoms with Crippen LogP contribution in [0.25, 0.3) is 0 Å². The summed E-state index contributed by atoms with van der Waals surface area (Å²) >= 11 is 2.03. The molecule has 3 rings (SSSR count). The second-order valence-corrected chi connectivity index (χ2v) is 5.75. The summed E-state index contributed by atoms with van der Waals surface area (Å²) in [5.74, 6) is 0. The highest BCUT2D eigenvalue weighted by atomic mass is 32.1. The topological polar surface area (TPSA) is 0 Å². The van der Waals surface area contributed by atoms with Gasteiger partial charge in [0.05, 0.1) is 0 Å². The SMILES string of the molecule is c1ccc(Cc2cc3c(s2)CCCC3)cc1. The molecule has 1 aromatic heterocycles. The fourth-order valence-electron chi connectivity index (χ4n) is 2.44. The fourth-order valence-corrected chi connectivity index (χ4v) is 3.73. The highest BCUT2D eigenvalue weighted by Gasteiger charge is 2.13. The van der Waals surface area contributed by atoms with E-state index in [0.29, 0.717) is 0 Å². The highest BCUT2D eigenvalue weighted by molar-refractivity contribution is 7.12. The van der Waals surface area contributed by atoms with Crippen LogP contribution in [0.2, 0.25) is 0 Å². The normalized spacial score (nSPS) is 14.8. The van der Waals surface area contributed by atoms with E-state index in [1.807, 2.05) is 11.3 Å². The Bertz CT molecular complexity index is 444. The first-order valence-corrected chi connectivity index (χ1v) is 6.88. The van der Waals surface area contributed by atoms with Gasteiger partial charge in [-0.25, -0.2) is 0 Å². The lowest BCUT2D eigenvalue weighted by molar-refractivity contribution is 0.697. The van der Waals surface area contributed by atoms with E-state index in [9.17, 15) is 0 Å². The van der Waals surface area contributed by atoms with Gasteiger partial charge in [0.2, 0.25) is 0 Å². The monoisotopic (exact) mass is 228 g/mol. The average molecular weight is 228 g/mol. The van der Waals surface area contributed by atoms with Gasteiger partial charge in [-0.05, 0) is 42.9 Å². The Morgan fingerprint density at radius 2 is 1.81 bits per heavy atom. The van der Waals surface area contributed by atoms with Crippen molar-refractivity contribution in [2.45, 2.75) is 32.1 Å². The molecule has 1 aromatic carbocycles. The van der Waals surface area contributed by atoms with Crippen molar-refractivity contribution in [3.8, 4) is 0 Å². The van der Waals surface area contributed by atoms with E-state index in [2.05, 4.69) is 36.4 Å². The highest BCUT2D eigenvalue weighted by Crippen LogP contribution is 2.30. The minimum absolute atomic E-state index is 1.11. The molecule has 2 aromatic rings. The molecule has 0 fully saturated rings. The van der Waals surface area contributed by atoms with Crippen LogP contribution >= 0.6 is 11.3 Å². The molecule has 0 N–H and O–H groups in total. The lowest BCUT2D eigenvalue weighted by Gasteiger charge is -2.08. The molecule has 0 atom stereocenters. The molecule has 0 nitrogen and oxygen atoms in total. The Kier molecular flexibility index (Phi) is 2.79. The van der Waals surface area contributed by atoms with Crippen LogP contribution < -0.4 is 0 Å². The van der Waals surface area contributed by atoms with Crippen molar-refractivity contribution < 1.29 is 0 Å². The number of hydrogen-bond donors (Lipinski definition) is 0. The Balaban J connectivity index is 1.83. The molecule has 0 saturated heterocycles. The fraction of sp³-hybridized carbons (Fsp3) is 0.333. The molecule has 0 unspecified atom stereocenters. The Labute approximate surface area is 101 Å². The number of fused-ring (bicyclic) bond motifs is 1. The van der Waals surface area contributed by atoms with Gasteiger partial charge < -0.3 is 0 Å². The first-order chi connectivity index (χ1) is 7.92. The minimum Gasteiger partial charge on any atom is -0.145 e. The van der Waals surface area contributed by atoms with E-state index in [-0.39, 0.29) is 0 Å². The molecule has 1 heterocycles. The lowest BCUT2D eigenvalue weighted by Crippen LogP contribution is -1.96. The van der Waals surface area contributed by atoms with Gasteiger partial charge in [-0.3, -0.25) is 0 Å². The summed E-state index contributed by atoms with van der Waals surface area (Å²) in [6, 6.07) is 13.2. The van der Waals surface area contributed by atoms with Crippen LogP contribution in [0.5, 0.6) is 0 Å². The Morgan fingerprint density at radius 3 is 2.62 bits per heavy atom. The van der Waals surface area contributed by atoms with E-state index in [1.165, 1.54) is 36.1 Å². The maximum absolute atomic E-state index is 2.44.